The fourth-order valence-electron chi connectivity index (χ4n) is 3.15. The molecule has 152 valence electrons. The molecule has 0 radical (unpaired) electrons. The van der Waals surface area contributed by atoms with Gasteiger partial charge in [-0.3, -0.25) is 14.4 Å². The predicted molar refractivity (Wildman–Crippen MR) is 111 cm³/mol. The molecule has 0 spiro atoms. The molecule has 0 fully saturated rings. The van der Waals surface area contributed by atoms with Crippen molar-refractivity contribution in [2.45, 2.75) is 33.3 Å². The first-order chi connectivity index (χ1) is 13.9. The minimum Gasteiger partial charge on any atom is -0.479 e. The number of nitrogens with zero attached hydrogens (tertiary/aromatic N) is 1. The van der Waals surface area contributed by atoms with E-state index in [1.165, 1.54) is 0 Å². The number of rotatable bonds is 6. The van der Waals surface area contributed by atoms with Gasteiger partial charge in [0.15, 0.2) is 6.10 Å². The number of fused-ring (bicyclic) bond motifs is 1. The number of nitrogens with one attached hydrogen (secondary N) is 2. The van der Waals surface area contributed by atoms with Gasteiger partial charge in [-0.05, 0) is 50.1 Å². The van der Waals surface area contributed by atoms with Gasteiger partial charge >= 0.3 is 0 Å². The van der Waals surface area contributed by atoms with Gasteiger partial charge in [-0.25, -0.2) is 0 Å². The molecule has 1 atom stereocenters. The van der Waals surface area contributed by atoms with Gasteiger partial charge in [0.25, 0.3) is 5.91 Å². The van der Waals surface area contributed by atoms with E-state index in [0.717, 1.165) is 16.8 Å². The highest BCUT2D eigenvalue weighted by molar-refractivity contribution is 6.00. The number of ether oxygens (including phenoxy) is 1. The van der Waals surface area contributed by atoms with Gasteiger partial charge in [0.2, 0.25) is 11.8 Å². The van der Waals surface area contributed by atoms with E-state index in [0.29, 0.717) is 11.4 Å². The second kappa shape index (κ2) is 8.77. The van der Waals surface area contributed by atoms with Crippen LogP contribution in [0.4, 0.5) is 11.4 Å². The Morgan fingerprint density at radius 1 is 1.07 bits per heavy atom. The molecule has 2 N–H and O–H groups in total. The molecule has 2 aromatic rings. The summed E-state index contributed by atoms with van der Waals surface area (Å²) in [6.45, 7) is 5.67. The molecular formula is C22H25N3O4. The summed E-state index contributed by atoms with van der Waals surface area (Å²) in [5.41, 5.74) is 3.45. The minimum absolute atomic E-state index is 0.0869. The lowest BCUT2D eigenvalue weighted by Gasteiger charge is -2.32. The van der Waals surface area contributed by atoms with Crippen molar-refractivity contribution in [3.63, 3.8) is 0 Å². The average molecular weight is 395 g/mol. The average Bonchev–Trinajstić information content (AvgIpc) is 2.70. The predicted octanol–water partition coefficient (Wildman–Crippen LogP) is 2.56. The van der Waals surface area contributed by atoms with Crippen LogP contribution in [0.15, 0.2) is 42.5 Å². The molecule has 0 saturated heterocycles. The lowest BCUT2D eigenvalue weighted by atomic mass is 10.1. The summed E-state index contributed by atoms with van der Waals surface area (Å²) in [5, 5.41) is 5.41. The van der Waals surface area contributed by atoms with E-state index in [-0.39, 0.29) is 37.2 Å². The van der Waals surface area contributed by atoms with Crippen LogP contribution in [0.3, 0.4) is 0 Å². The molecule has 0 saturated carbocycles. The molecule has 7 heteroatoms. The SMILES string of the molecule is Cc1cccc(NC(=O)CNC(=O)CCN2C(=O)[C@H](C)Oc3ccccc32)c1C. The van der Waals surface area contributed by atoms with Crippen LogP contribution in [0, 0.1) is 13.8 Å². The van der Waals surface area contributed by atoms with Crippen molar-refractivity contribution in [1.29, 1.82) is 0 Å². The van der Waals surface area contributed by atoms with Gasteiger partial charge in [-0.15, -0.1) is 0 Å². The van der Waals surface area contributed by atoms with Crippen LogP contribution in [-0.4, -0.2) is 36.9 Å². The number of anilines is 2. The summed E-state index contributed by atoms with van der Waals surface area (Å²) in [7, 11) is 0. The third kappa shape index (κ3) is 4.74. The van der Waals surface area contributed by atoms with E-state index in [4.69, 9.17) is 4.74 Å². The monoisotopic (exact) mass is 395 g/mol. The molecule has 7 nitrogen and oxygen atoms in total. The summed E-state index contributed by atoms with van der Waals surface area (Å²) in [5.74, 6) is -0.170. The quantitative estimate of drug-likeness (QED) is 0.787. The van der Waals surface area contributed by atoms with Crippen LogP contribution in [0.1, 0.15) is 24.5 Å². The molecule has 0 unspecified atom stereocenters. The molecule has 1 heterocycles. The number of hydrogen-bond donors (Lipinski definition) is 2. The van der Waals surface area contributed by atoms with Crippen molar-refractivity contribution in [2.75, 3.05) is 23.3 Å². The summed E-state index contributed by atoms with van der Waals surface area (Å²) in [6, 6.07) is 12.9. The second-order valence-corrected chi connectivity index (χ2v) is 7.04. The van der Waals surface area contributed by atoms with E-state index in [2.05, 4.69) is 10.6 Å². The van der Waals surface area contributed by atoms with Crippen LogP contribution in [-0.2, 0) is 14.4 Å². The zero-order valence-electron chi connectivity index (χ0n) is 16.8. The zero-order chi connectivity index (χ0) is 21.0. The Balaban J connectivity index is 1.52. The Labute approximate surface area is 170 Å². The maximum atomic E-state index is 12.4. The Bertz CT molecular complexity index is 941. The van der Waals surface area contributed by atoms with Crippen molar-refractivity contribution in [1.82, 2.24) is 5.32 Å². The van der Waals surface area contributed by atoms with Gasteiger partial charge in [-0.2, -0.15) is 0 Å². The molecule has 2 aromatic carbocycles. The number of carbonyl (C=O) groups is 3. The molecule has 1 aliphatic heterocycles. The van der Waals surface area contributed by atoms with Gasteiger partial charge in [0.05, 0.1) is 12.2 Å². The molecule has 3 amide bonds. The zero-order valence-corrected chi connectivity index (χ0v) is 16.8. The molecule has 0 aliphatic carbocycles. The normalized spacial score (nSPS) is 15.3. The van der Waals surface area contributed by atoms with Crippen molar-refractivity contribution >= 4 is 29.1 Å². The van der Waals surface area contributed by atoms with Crippen molar-refractivity contribution in [3.05, 3.63) is 53.6 Å². The van der Waals surface area contributed by atoms with Crippen LogP contribution >= 0.6 is 0 Å². The lowest BCUT2D eigenvalue weighted by Crippen LogP contribution is -2.46. The van der Waals surface area contributed by atoms with E-state index in [1.54, 1.807) is 24.0 Å². The van der Waals surface area contributed by atoms with Crippen LogP contribution in [0.5, 0.6) is 5.75 Å². The summed E-state index contributed by atoms with van der Waals surface area (Å²) >= 11 is 0. The Kier molecular flexibility index (Phi) is 6.16. The Morgan fingerprint density at radius 2 is 1.83 bits per heavy atom. The van der Waals surface area contributed by atoms with Crippen LogP contribution in [0.2, 0.25) is 0 Å². The summed E-state index contributed by atoms with van der Waals surface area (Å²) in [6.07, 6.45) is -0.514. The fraction of sp³-hybridized carbons (Fsp3) is 0.318. The molecule has 0 bridgehead atoms. The fourth-order valence-corrected chi connectivity index (χ4v) is 3.15. The summed E-state index contributed by atoms with van der Waals surface area (Å²) in [4.78, 5) is 38.3. The first kappa shape index (κ1) is 20.4. The van der Waals surface area contributed by atoms with Gasteiger partial charge in [-0.1, -0.05) is 24.3 Å². The van der Waals surface area contributed by atoms with Crippen molar-refractivity contribution in [2.24, 2.45) is 0 Å². The minimum atomic E-state index is -0.601. The van der Waals surface area contributed by atoms with E-state index in [1.807, 2.05) is 44.2 Å². The van der Waals surface area contributed by atoms with Crippen molar-refractivity contribution < 1.29 is 19.1 Å². The first-order valence-corrected chi connectivity index (χ1v) is 9.56. The molecule has 0 aromatic heterocycles. The number of aryl methyl sites for hydroxylation is 1. The highest BCUT2D eigenvalue weighted by Crippen LogP contribution is 2.33. The third-order valence-electron chi connectivity index (χ3n) is 4.96. The topological polar surface area (TPSA) is 87.7 Å². The molecule has 1 aliphatic rings. The van der Waals surface area contributed by atoms with Gasteiger partial charge in [0, 0.05) is 18.7 Å². The standard InChI is InChI=1S/C22H25N3O4/c1-14-7-6-8-17(15(14)2)24-21(27)13-23-20(26)11-12-25-18-9-4-5-10-19(18)29-16(3)22(25)28/h4-10,16H,11-13H2,1-3H3,(H,23,26)(H,24,27)/t16-/m0/s1. The number of carbonyl (C=O) groups excluding carboxylic acids is 3. The number of para-hydroxylation sites is 2. The maximum absolute atomic E-state index is 12.4. The first-order valence-electron chi connectivity index (χ1n) is 9.56. The largest absolute Gasteiger partial charge is 0.479 e. The Hall–Kier alpha value is -3.35. The highest BCUT2D eigenvalue weighted by atomic mass is 16.5. The van der Waals surface area contributed by atoms with E-state index < -0.39 is 6.10 Å². The molecule has 3 rings (SSSR count). The van der Waals surface area contributed by atoms with Gasteiger partial charge < -0.3 is 20.3 Å². The van der Waals surface area contributed by atoms with Crippen molar-refractivity contribution in [3.8, 4) is 5.75 Å². The maximum Gasteiger partial charge on any atom is 0.267 e. The Morgan fingerprint density at radius 3 is 2.62 bits per heavy atom. The van der Waals surface area contributed by atoms with E-state index in [9.17, 15) is 14.4 Å². The van der Waals surface area contributed by atoms with Crippen LogP contribution in [0.25, 0.3) is 0 Å². The van der Waals surface area contributed by atoms with Crippen LogP contribution < -0.4 is 20.3 Å². The molecular weight excluding hydrogens is 370 g/mol. The number of amides is 3. The smallest absolute Gasteiger partial charge is 0.267 e. The molecule has 29 heavy (non-hydrogen) atoms. The van der Waals surface area contributed by atoms with Gasteiger partial charge in [0.1, 0.15) is 5.75 Å². The third-order valence-corrected chi connectivity index (χ3v) is 4.96. The lowest BCUT2D eigenvalue weighted by molar-refractivity contribution is -0.126. The number of benzene rings is 2. The second-order valence-electron chi connectivity index (χ2n) is 7.04. The van der Waals surface area contributed by atoms with E-state index >= 15 is 0 Å². The highest BCUT2D eigenvalue weighted by Gasteiger charge is 2.31. The summed E-state index contributed by atoms with van der Waals surface area (Å²) < 4.78 is 5.59. The number of hydrogen-bond acceptors (Lipinski definition) is 4.